The third kappa shape index (κ3) is 6.35. The fraction of sp³-hybridized carbons (Fsp3) is 0.188. The lowest BCUT2D eigenvalue weighted by Gasteiger charge is -2.30. The van der Waals surface area contributed by atoms with Gasteiger partial charge in [0.05, 0.1) is 0 Å². The van der Waals surface area contributed by atoms with Crippen molar-refractivity contribution in [1.82, 2.24) is 9.88 Å². The lowest BCUT2D eigenvalue weighted by atomic mass is 9.90. The van der Waals surface area contributed by atoms with E-state index >= 15 is 0 Å². The summed E-state index contributed by atoms with van der Waals surface area (Å²) in [7, 11) is 0. The normalized spacial score (nSPS) is 12.3. The van der Waals surface area contributed by atoms with Gasteiger partial charge in [-0.1, -0.05) is 60.7 Å². The number of nitrogens with one attached hydrogen (secondary N) is 1. The van der Waals surface area contributed by atoms with E-state index < -0.39 is 6.10 Å². The van der Waals surface area contributed by atoms with Crippen molar-refractivity contribution >= 4 is 10.9 Å². The van der Waals surface area contributed by atoms with Crippen LogP contribution in [0.4, 0.5) is 0 Å². The van der Waals surface area contributed by atoms with Crippen LogP contribution < -0.4 is 4.74 Å². The summed E-state index contributed by atoms with van der Waals surface area (Å²) < 4.78 is 6.04. The number of aromatic amines is 1. The summed E-state index contributed by atoms with van der Waals surface area (Å²) in [5.41, 5.74) is 4.22. The van der Waals surface area contributed by atoms with Crippen LogP contribution in [-0.2, 0) is 6.54 Å². The highest BCUT2D eigenvalue weighted by Gasteiger charge is 2.22. The van der Waals surface area contributed by atoms with E-state index in [4.69, 9.17) is 4.74 Å². The molecule has 5 rings (SSSR count). The van der Waals surface area contributed by atoms with E-state index in [0.29, 0.717) is 19.6 Å². The third-order valence-corrected chi connectivity index (χ3v) is 6.74. The van der Waals surface area contributed by atoms with Gasteiger partial charge in [-0.25, -0.2) is 0 Å². The van der Waals surface area contributed by atoms with Crippen molar-refractivity contribution in [2.24, 2.45) is 0 Å². The first-order valence-electron chi connectivity index (χ1n) is 12.8. The van der Waals surface area contributed by atoms with Gasteiger partial charge >= 0.3 is 0 Å². The summed E-state index contributed by atoms with van der Waals surface area (Å²) in [4.78, 5) is 5.41. The molecule has 1 aromatic heterocycles. The van der Waals surface area contributed by atoms with Gasteiger partial charge in [0.15, 0.2) is 0 Å². The first-order valence-corrected chi connectivity index (χ1v) is 12.8. The molecule has 194 valence electrons. The Hall–Kier alpha value is -4.26. The maximum absolute atomic E-state index is 11.1. The van der Waals surface area contributed by atoms with Gasteiger partial charge in [0.2, 0.25) is 0 Å². The average molecular weight is 509 g/mol. The maximum atomic E-state index is 11.1. The second-order valence-electron chi connectivity index (χ2n) is 9.58. The smallest absolute Gasteiger partial charge is 0.128 e. The standard InChI is InChI=1S/C32H32N2O4/c35-26-13-9-24(10-14-26)30(25-11-15-27(36)16-12-25)21-34(19-23-5-2-1-3-6-23)20-28(37)22-38-32-8-4-7-31-29(32)17-18-33-31/h1-18,28,30,33,35-37H,19-22H2. The summed E-state index contributed by atoms with van der Waals surface area (Å²) in [6.45, 7) is 1.84. The lowest BCUT2D eigenvalue weighted by molar-refractivity contribution is 0.0649. The van der Waals surface area contributed by atoms with Crippen molar-refractivity contribution < 1.29 is 20.1 Å². The number of ether oxygens (including phenoxy) is 1. The maximum Gasteiger partial charge on any atom is 0.128 e. The molecule has 0 saturated heterocycles. The van der Waals surface area contributed by atoms with Gasteiger partial charge in [-0.3, -0.25) is 4.90 Å². The summed E-state index contributed by atoms with van der Waals surface area (Å²) in [6, 6.07) is 32.4. The number of hydrogen-bond acceptors (Lipinski definition) is 5. The third-order valence-electron chi connectivity index (χ3n) is 6.74. The Balaban J connectivity index is 1.36. The quantitative estimate of drug-likeness (QED) is 0.185. The summed E-state index contributed by atoms with van der Waals surface area (Å²) in [5.74, 6) is 1.12. The van der Waals surface area contributed by atoms with Crippen LogP contribution >= 0.6 is 0 Å². The van der Waals surface area contributed by atoms with E-state index in [2.05, 4.69) is 22.0 Å². The Morgan fingerprint density at radius 2 is 1.37 bits per heavy atom. The summed E-state index contributed by atoms with van der Waals surface area (Å²) in [5, 5.41) is 31.8. The fourth-order valence-corrected chi connectivity index (χ4v) is 4.84. The Morgan fingerprint density at radius 3 is 2.03 bits per heavy atom. The SMILES string of the molecule is Oc1ccc(C(CN(Cc2ccccc2)CC(O)COc2cccc3[nH]ccc23)c2ccc(O)cc2)cc1. The van der Waals surface area contributed by atoms with Crippen LogP contribution in [0.5, 0.6) is 17.2 Å². The number of phenols is 2. The van der Waals surface area contributed by atoms with Crippen molar-refractivity contribution in [1.29, 1.82) is 0 Å². The summed E-state index contributed by atoms with van der Waals surface area (Å²) in [6.07, 6.45) is 1.16. The predicted octanol–water partition coefficient (Wildman–Crippen LogP) is 5.65. The van der Waals surface area contributed by atoms with E-state index in [9.17, 15) is 15.3 Å². The Labute approximate surface area is 222 Å². The Kier molecular flexibility index (Phi) is 7.92. The van der Waals surface area contributed by atoms with Gasteiger partial charge < -0.3 is 25.0 Å². The molecule has 0 saturated carbocycles. The zero-order valence-electron chi connectivity index (χ0n) is 21.1. The zero-order valence-corrected chi connectivity index (χ0v) is 21.1. The van der Waals surface area contributed by atoms with Gasteiger partial charge in [0.1, 0.15) is 30.0 Å². The van der Waals surface area contributed by atoms with E-state index in [0.717, 1.165) is 33.3 Å². The van der Waals surface area contributed by atoms with Crippen molar-refractivity contribution in [2.45, 2.75) is 18.6 Å². The molecular formula is C32H32N2O4. The number of benzene rings is 4. The molecule has 5 aromatic rings. The minimum Gasteiger partial charge on any atom is -0.508 e. The number of H-pyrrole nitrogens is 1. The molecule has 1 unspecified atom stereocenters. The van der Waals surface area contributed by atoms with Crippen LogP contribution in [0, 0.1) is 0 Å². The Morgan fingerprint density at radius 1 is 0.711 bits per heavy atom. The number of aliphatic hydroxyl groups is 1. The molecule has 0 bridgehead atoms. The molecule has 4 N–H and O–H groups in total. The minimum absolute atomic E-state index is 0.0402. The van der Waals surface area contributed by atoms with Crippen LogP contribution in [0.3, 0.4) is 0 Å². The van der Waals surface area contributed by atoms with Crippen LogP contribution in [0.15, 0.2) is 109 Å². The highest BCUT2D eigenvalue weighted by Crippen LogP contribution is 2.29. The van der Waals surface area contributed by atoms with Crippen LogP contribution in [0.25, 0.3) is 10.9 Å². The molecule has 1 atom stereocenters. The molecule has 6 heteroatoms. The van der Waals surface area contributed by atoms with Gasteiger partial charge in [0, 0.05) is 42.7 Å². The topological polar surface area (TPSA) is 89.0 Å². The van der Waals surface area contributed by atoms with Crippen molar-refractivity contribution in [2.75, 3.05) is 19.7 Å². The summed E-state index contributed by atoms with van der Waals surface area (Å²) >= 11 is 0. The molecule has 0 amide bonds. The van der Waals surface area contributed by atoms with E-state index in [1.165, 1.54) is 0 Å². The molecule has 0 aliphatic carbocycles. The largest absolute Gasteiger partial charge is 0.508 e. The number of aromatic nitrogens is 1. The first-order chi connectivity index (χ1) is 18.5. The molecule has 6 nitrogen and oxygen atoms in total. The molecule has 1 heterocycles. The predicted molar refractivity (Wildman–Crippen MR) is 150 cm³/mol. The van der Waals surface area contributed by atoms with Crippen LogP contribution in [0.2, 0.25) is 0 Å². The second kappa shape index (κ2) is 11.9. The number of nitrogens with zero attached hydrogens (tertiary/aromatic N) is 1. The molecule has 0 aliphatic rings. The zero-order chi connectivity index (χ0) is 26.3. The number of aliphatic hydroxyl groups excluding tert-OH is 1. The fourth-order valence-electron chi connectivity index (χ4n) is 4.84. The first kappa shape index (κ1) is 25.4. The van der Waals surface area contributed by atoms with Crippen LogP contribution in [-0.4, -0.2) is 51.0 Å². The van der Waals surface area contributed by atoms with Gasteiger partial charge in [-0.2, -0.15) is 0 Å². The molecule has 0 radical (unpaired) electrons. The highest BCUT2D eigenvalue weighted by molar-refractivity contribution is 5.85. The molecule has 0 aliphatic heterocycles. The molecule has 4 aromatic carbocycles. The van der Waals surface area contributed by atoms with Crippen molar-refractivity contribution in [3.63, 3.8) is 0 Å². The van der Waals surface area contributed by atoms with Crippen molar-refractivity contribution in [3.8, 4) is 17.2 Å². The average Bonchev–Trinajstić information content (AvgIpc) is 3.42. The number of aromatic hydroxyl groups is 2. The van der Waals surface area contributed by atoms with E-state index in [1.807, 2.05) is 72.9 Å². The van der Waals surface area contributed by atoms with Gasteiger partial charge in [0.25, 0.3) is 0 Å². The minimum atomic E-state index is -0.715. The van der Waals surface area contributed by atoms with Crippen molar-refractivity contribution in [3.05, 3.63) is 126 Å². The van der Waals surface area contributed by atoms with Crippen LogP contribution in [0.1, 0.15) is 22.6 Å². The molecule has 0 fully saturated rings. The molecular weight excluding hydrogens is 476 g/mol. The number of phenolic OH excluding ortho intramolecular Hbond substituents is 2. The highest BCUT2D eigenvalue weighted by atomic mass is 16.5. The number of hydrogen-bond donors (Lipinski definition) is 4. The lowest BCUT2D eigenvalue weighted by Crippen LogP contribution is -2.38. The number of fused-ring (bicyclic) bond motifs is 1. The van der Waals surface area contributed by atoms with Gasteiger partial charge in [-0.05, 0) is 59.2 Å². The second-order valence-corrected chi connectivity index (χ2v) is 9.58. The van der Waals surface area contributed by atoms with E-state index in [-0.39, 0.29) is 24.0 Å². The Bertz CT molecular complexity index is 1390. The van der Waals surface area contributed by atoms with Gasteiger partial charge in [-0.15, -0.1) is 0 Å². The molecule has 38 heavy (non-hydrogen) atoms. The molecule has 0 spiro atoms. The monoisotopic (exact) mass is 508 g/mol. The van der Waals surface area contributed by atoms with E-state index in [1.54, 1.807) is 24.3 Å². The number of rotatable bonds is 11.